The molecule has 5 rings (SSSR count). The Labute approximate surface area is 168 Å². The maximum Gasteiger partial charge on any atom is 0.229 e. The van der Waals surface area contributed by atoms with E-state index in [1.54, 1.807) is 24.3 Å². The van der Waals surface area contributed by atoms with Crippen molar-refractivity contribution in [3.63, 3.8) is 0 Å². The third kappa shape index (κ3) is 3.04. The molecule has 0 saturated heterocycles. The highest BCUT2D eigenvalue weighted by atomic mass is 32.2. The molecule has 148 valence electrons. The predicted octanol–water partition coefficient (Wildman–Crippen LogP) is 3.77. The summed E-state index contributed by atoms with van der Waals surface area (Å²) in [6.07, 6.45) is 4.57. The molecule has 0 atom stereocenters. The first-order valence-electron chi connectivity index (χ1n) is 9.76. The maximum absolute atomic E-state index is 13.2. The van der Waals surface area contributed by atoms with Gasteiger partial charge >= 0.3 is 0 Å². The molecule has 2 aromatic heterocycles. The van der Waals surface area contributed by atoms with Gasteiger partial charge in [-0.05, 0) is 44.0 Å². The van der Waals surface area contributed by atoms with Gasteiger partial charge in [0.05, 0.1) is 10.4 Å². The average Bonchev–Trinajstić information content (AvgIpc) is 3.38. The summed E-state index contributed by atoms with van der Waals surface area (Å²) in [4.78, 5) is 4.87. The number of rotatable bonds is 4. The zero-order valence-electron chi connectivity index (χ0n) is 16.0. The summed E-state index contributed by atoms with van der Waals surface area (Å²) < 4.78 is 28.0. The van der Waals surface area contributed by atoms with E-state index in [1.807, 2.05) is 31.2 Å². The van der Waals surface area contributed by atoms with Crippen LogP contribution in [0.25, 0.3) is 16.6 Å². The van der Waals surface area contributed by atoms with E-state index in [1.165, 1.54) is 17.4 Å². The molecule has 0 radical (unpaired) electrons. The second-order valence-electron chi connectivity index (χ2n) is 7.55. The number of benzene rings is 2. The molecule has 0 amide bonds. The Kier molecular flexibility index (Phi) is 4.24. The van der Waals surface area contributed by atoms with E-state index in [-0.39, 0.29) is 15.6 Å². The standard InChI is InChI=1S/C21H21N5O2S/c1-14-10-12-16(13-11-14)29(27,28)21-20-23-19(22-15-6-2-3-7-15)17-8-4-5-9-18(17)26(20)25-24-21/h4-5,8-13,15H,2-3,6-7H2,1H3,(H,22,23). The van der Waals surface area contributed by atoms with Crippen LogP contribution >= 0.6 is 0 Å². The molecule has 2 aromatic carbocycles. The van der Waals surface area contributed by atoms with Crippen molar-refractivity contribution < 1.29 is 8.42 Å². The third-order valence-corrected chi connectivity index (χ3v) is 7.17. The molecule has 8 heteroatoms. The van der Waals surface area contributed by atoms with Gasteiger partial charge < -0.3 is 5.32 Å². The molecule has 1 N–H and O–H groups in total. The van der Waals surface area contributed by atoms with Crippen molar-refractivity contribution in [3.05, 3.63) is 54.1 Å². The summed E-state index contributed by atoms with van der Waals surface area (Å²) in [6.45, 7) is 1.92. The van der Waals surface area contributed by atoms with E-state index in [2.05, 4.69) is 20.6 Å². The summed E-state index contributed by atoms with van der Waals surface area (Å²) in [7, 11) is -3.84. The zero-order valence-corrected chi connectivity index (χ0v) is 16.9. The van der Waals surface area contributed by atoms with Crippen LogP contribution in [0.4, 0.5) is 5.82 Å². The Hall–Kier alpha value is -3.00. The first-order chi connectivity index (χ1) is 14.0. The van der Waals surface area contributed by atoms with Crippen molar-refractivity contribution in [1.29, 1.82) is 0 Å². The summed E-state index contributed by atoms with van der Waals surface area (Å²) in [5.41, 5.74) is 2.00. The van der Waals surface area contributed by atoms with Gasteiger partial charge in [0.25, 0.3) is 0 Å². The number of para-hydroxylation sites is 1. The lowest BCUT2D eigenvalue weighted by Crippen LogP contribution is -2.16. The molecule has 4 aromatic rings. The number of sulfone groups is 1. The number of nitrogens with zero attached hydrogens (tertiary/aromatic N) is 4. The first-order valence-corrected chi connectivity index (χ1v) is 11.2. The molecular formula is C21H21N5O2S. The molecule has 7 nitrogen and oxygen atoms in total. The highest BCUT2D eigenvalue weighted by molar-refractivity contribution is 7.91. The van der Waals surface area contributed by atoms with Gasteiger partial charge in [-0.2, -0.15) is 4.52 Å². The third-order valence-electron chi connectivity index (χ3n) is 5.50. The molecule has 0 aliphatic heterocycles. The van der Waals surface area contributed by atoms with Crippen molar-refractivity contribution in [2.24, 2.45) is 0 Å². The number of anilines is 1. The fraction of sp³-hybridized carbons (Fsp3) is 0.286. The summed E-state index contributed by atoms with van der Waals surface area (Å²) in [6, 6.07) is 14.8. The molecule has 1 aliphatic carbocycles. The smallest absolute Gasteiger partial charge is 0.229 e. The molecular weight excluding hydrogens is 386 g/mol. The molecule has 29 heavy (non-hydrogen) atoms. The molecule has 0 unspecified atom stereocenters. The van der Waals surface area contributed by atoms with Gasteiger partial charge in [0, 0.05) is 11.4 Å². The van der Waals surface area contributed by atoms with Crippen LogP contribution in [-0.4, -0.2) is 34.3 Å². The monoisotopic (exact) mass is 407 g/mol. The van der Waals surface area contributed by atoms with Crippen molar-refractivity contribution >= 4 is 32.2 Å². The molecule has 1 saturated carbocycles. The average molecular weight is 407 g/mol. The summed E-state index contributed by atoms with van der Waals surface area (Å²) in [5, 5.41) is 12.4. The number of fused-ring (bicyclic) bond motifs is 3. The van der Waals surface area contributed by atoms with Crippen molar-refractivity contribution in [1.82, 2.24) is 19.8 Å². The largest absolute Gasteiger partial charge is 0.367 e. The minimum Gasteiger partial charge on any atom is -0.367 e. The van der Waals surface area contributed by atoms with Crippen LogP contribution in [0.1, 0.15) is 31.2 Å². The van der Waals surface area contributed by atoms with E-state index in [0.717, 1.165) is 29.3 Å². The Bertz CT molecular complexity index is 1310. The number of aromatic nitrogens is 4. The second kappa shape index (κ2) is 6.81. The Morgan fingerprint density at radius 1 is 1.03 bits per heavy atom. The van der Waals surface area contributed by atoms with Crippen LogP contribution in [0.5, 0.6) is 0 Å². The zero-order chi connectivity index (χ0) is 20.0. The Balaban J connectivity index is 1.71. The fourth-order valence-corrected chi connectivity index (χ4v) is 5.16. The Morgan fingerprint density at radius 2 is 1.76 bits per heavy atom. The maximum atomic E-state index is 13.2. The fourth-order valence-electron chi connectivity index (χ4n) is 3.92. The van der Waals surface area contributed by atoms with Crippen LogP contribution in [0.3, 0.4) is 0 Å². The van der Waals surface area contributed by atoms with Gasteiger partial charge in [-0.25, -0.2) is 13.4 Å². The number of hydrogen-bond acceptors (Lipinski definition) is 6. The molecule has 0 bridgehead atoms. The molecule has 1 aliphatic rings. The molecule has 1 fully saturated rings. The summed E-state index contributed by atoms with van der Waals surface area (Å²) in [5.74, 6) is 0.683. The minimum absolute atomic E-state index is 0.124. The number of aryl methyl sites for hydroxylation is 1. The van der Waals surface area contributed by atoms with Crippen LogP contribution in [0.15, 0.2) is 58.5 Å². The van der Waals surface area contributed by atoms with Gasteiger partial charge in [-0.1, -0.05) is 47.9 Å². The predicted molar refractivity (Wildman–Crippen MR) is 111 cm³/mol. The highest BCUT2D eigenvalue weighted by Crippen LogP contribution is 2.30. The van der Waals surface area contributed by atoms with E-state index in [4.69, 9.17) is 0 Å². The van der Waals surface area contributed by atoms with Gasteiger partial charge in [-0.15, -0.1) is 5.10 Å². The van der Waals surface area contributed by atoms with E-state index >= 15 is 0 Å². The van der Waals surface area contributed by atoms with Crippen LogP contribution in [0.2, 0.25) is 0 Å². The number of hydrogen-bond donors (Lipinski definition) is 1. The van der Waals surface area contributed by atoms with Crippen LogP contribution < -0.4 is 5.32 Å². The quantitative estimate of drug-likeness (QED) is 0.554. The molecule has 0 spiro atoms. The lowest BCUT2D eigenvalue weighted by Gasteiger charge is -2.15. The SMILES string of the molecule is Cc1ccc(S(=O)(=O)c2nnn3c2nc(NC2CCCC2)c2ccccc23)cc1. The minimum atomic E-state index is -3.84. The van der Waals surface area contributed by atoms with Crippen LogP contribution in [-0.2, 0) is 9.84 Å². The first kappa shape index (κ1) is 18.1. The van der Waals surface area contributed by atoms with Crippen molar-refractivity contribution in [2.45, 2.75) is 48.6 Å². The Morgan fingerprint density at radius 3 is 2.52 bits per heavy atom. The highest BCUT2D eigenvalue weighted by Gasteiger charge is 2.27. The van der Waals surface area contributed by atoms with Gasteiger partial charge in [0.1, 0.15) is 5.82 Å². The lowest BCUT2D eigenvalue weighted by molar-refractivity contribution is 0.592. The summed E-state index contributed by atoms with van der Waals surface area (Å²) >= 11 is 0. The van der Waals surface area contributed by atoms with Crippen molar-refractivity contribution in [2.75, 3.05) is 5.32 Å². The number of nitrogens with one attached hydrogen (secondary N) is 1. The van der Waals surface area contributed by atoms with Gasteiger partial charge in [-0.3, -0.25) is 0 Å². The van der Waals surface area contributed by atoms with E-state index in [9.17, 15) is 8.42 Å². The second-order valence-corrected chi connectivity index (χ2v) is 9.41. The topological polar surface area (TPSA) is 89.2 Å². The van der Waals surface area contributed by atoms with Gasteiger partial charge in [0.15, 0.2) is 5.65 Å². The van der Waals surface area contributed by atoms with E-state index < -0.39 is 9.84 Å². The van der Waals surface area contributed by atoms with E-state index in [0.29, 0.717) is 11.9 Å². The lowest BCUT2D eigenvalue weighted by atomic mass is 10.2. The molecule has 2 heterocycles. The van der Waals surface area contributed by atoms with Gasteiger partial charge in [0.2, 0.25) is 14.9 Å². The van der Waals surface area contributed by atoms with Crippen LogP contribution in [0, 0.1) is 6.92 Å². The normalized spacial score (nSPS) is 15.3. The van der Waals surface area contributed by atoms with Crippen molar-refractivity contribution in [3.8, 4) is 0 Å².